The van der Waals surface area contributed by atoms with E-state index in [1.54, 1.807) is 12.1 Å². The molecule has 0 unspecified atom stereocenters. The number of nitrogens with one attached hydrogen (secondary N) is 1. The Morgan fingerprint density at radius 1 is 1.69 bits per heavy atom. The second kappa shape index (κ2) is 3.31. The predicted octanol–water partition coefficient (Wildman–Crippen LogP) is 2.54. The Morgan fingerprint density at radius 2 is 2.38 bits per heavy atom. The van der Waals surface area contributed by atoms with E-state index in [1.165, 1.54) is 11.3 Å². The van der Waals surface area contributed by atoms with Crippen LogP contribution >= 0.6 is 22.9 Å². The Bertz CT molecular complexity index is 336. The summed E-state index contributed by atoms with van der Waals surface area (Å²) in [4.78, 5) is 12.2. The maximum absolute atomic E-state index is 11.5. The highest BCUT2D eigenvalue weighted by atomic mass is 35.5. The molecule has 70 valence electrons. The van der Waals surface area contributed by atoms with Gasteiger partial charge in [-0.3, -0.25) is 4.79 Å². The molecule has 0 radical (unpaired) electrons. The van der Waals surface area contributed by atoms with Crippen LogP contribution in [-0.4, -0.2) is 11.9 Å². The monoisotopic (exact) mass is 215 g/mol. The van der Waals surface area contributed by atoms with Gasteiger partial charge in [-0.15, -0.1) is 11.3 Å². The fourth-order valence-corrected chi connectivity index (χ4v) is 2.15. The van der Waals surface area contributed by atoms with Crippen molar-refractivity contribution in [3.8, 4) is 0 Å². The first-order valence-electron chi connectivity index (χ1n) is 4.23. The van der Waals surface area contributed by atoms with E-state index < -0.39 is 0 Å². The zero-order valence-electron chi connectivity index (χ0n) is 7.21. The summed E-state index contributed by atoms with van der Waals surface area (Å²) in [6.45, 7) is 2.13. The molecule has 1 amide bonds. The van der Waals surface area contributed by atoms with Gasteiger partial charge in [0.25, 0.3) is 5.91 Å². The smallest absolute Gasteiger partial charge is 0.261 e. The Balaban J connectivity index is 1.97. The first-order chi connectivity index (χ1) is 6.16. The van der Waals surface area contributed by atoms with Crippen LogP contribution in [0, 0.1) is 5.92 Å². The highest BCUT2D eigenvalue weighted by molar-refractivity contribution is 7.17. The molecule has 0 aromatic carbocycles. The van der Waals surface area contributed by atoms with Crippen molar-refractivity contribution < 1.29 is 4.79 Å². The average molecular weight is 216 g/mol. The molecule has 0 bridgehead atoms. The Labute approximate surface area is 85.9 Å². The molecule has 1 aromatic rings. The summed E-state index contributed by atoms with van der Waals surface area (Å²) in [5, 5.41) is 2.95. The van der Waals surface area contributed by atoms with Gasteiger partial charge in [0.2, 0.25) is 0 Å². The van der Waals surface area contributed by atoms with Gasteiger partial charge in [0, 0.05) is 6.04 Å². The highest BCUT2D eigenvalue weighted by Gasteiger charge is 2.34. The summed E-state index contributed by atoms with van der Waals surface area (Å²) in [5.41, 5.74) is 0. The molecule has 13 heavy (non-hydrogen) atoms. The molecular formula is C9H10ClNOS. The van der Waals surface area contributed by atoms with Crippen molar-refractivity contribution in [1.82, 2.24) is 5.32 Å². The number of hydrogen-bond donors (Lipinski definition) is 1. The Morgan fingerprint density at radius 3 is 2.85 bits per heavy atom. The number of hydrogen-bond acceptors (Lipinski definition) is 2. The third-order valence-corrected chi connectivity index (χ3v) is 3.45. The van der Waals surface area contributed by atoms with Gasteiger partial charge >= 0.3 is 0 Å². The van der Waals surface area contributed by atoms with E-state index in [1.807, 2.05) is 0 Å². The predicted molar refractivity (Wildman–Crippen MR) is 54.4 cm³/mol. The van der Waals surface area contributed by atoms with Gasteiger partial charge in [-0.1, -0.05) is 18.5 Å². The summed E-state index contributed by atoms with van der Waals surface area (Å²) < 4.78 is 0.661. The average Bonchev–Trinajstić information content (AvgIpc) is 2.62. The maximum atomic E-state index is 11.5. The molecule has 1 N–H and O–H groups in total. The van der Waals surface area contributed by atoms with Crippen molar-refractivity contribution >= 4 is 28.8 Å². The van der Waals surface area contributed by atoms with Crippen molar-refractivity contribution in [1.29, 1.82) is 0 Å². The number of thiophene rings is 1. The van der Waals surface area contributed by atoms with Crippen molar-refractivity contribution in [2.75, 3.05) is 0 Å². The molecule has 0 spiro atoms. The molecule has 1 saturated carbocycles. The van der Waals surface area contributed by atoms with E-state index in [4.69, 9.17) is 11.6 Å². The first kappa shape index (κ1) is 9.03. The standard InChI is InChI=1S/C9H10ClNOS/c1-5-4-6(5)11-9(12)7-2-3-8(10)13-7/h2-3,5-6H,4H2,1H3,(H,11,12)/t5-,6-/m1/s1. The summed E-state index contributed by atoms with van der Waals surface area (Å²) in [6, 6.07) is 3.89. The van der Waals surface area contributed by atoms with Crippen molar-refractivity contribution in [3.05, 3.63) is 21.3 Å². The van der Waals surface area contributed by atoms with Gasteiger partial charge in [0.15, 0.2) is 0 Å². The minimum Gasteiger partial charge on any atom is -0.348 e. The normalized spacial score (nSPS) is 25.7. The lowest BCUT2D eigenvalue weighted by Gasteiger charge is -1.99. The zero-order valence-corrected chi connectivity index (χ0v) is 8.78. The van der Waals surface area contributed by atoms with Crippen molar-refractivity contribution in [2.24, 2.45) is 5.92 Å². The topological polar surface area (TPSA) is 29.1 Å². The maximum Gasteiger partial charge on any atom is 0.261 e. The highest BCUT2D eigenvalue weighted by Crippen LogP contribution is 2.30. The molecule has 0 saturated heterocycles. The molecule has 1 aliphatic rings. The summed E-state index contributed by atoms with van der Waals surface area (Å²) >= 11 is 7.04. The second-order valence-corrected chi connectivity index (χ2v) is 5.11. The van der Waals surface area contributed by atoms with Crippen LogP contribution in [0.3, 0.4) is 0 Å². The van der Waals surface area contributed by atoms with Crippen LogP contribution in [0.5, 0.6) is 0 Å². The van der Waals surface area contributed by atoms with Gasteiger partial charge in [-0.05, 0) is 24.5 Å². The Kier molecular flexibility index (Phi) is 2.30. The van der Waals surface area contributed by atoms with E-state index >= 15 is 0 Å². The number of carbonyl (C=O) groups is 1. The van der Waals surface area contributed by atoms with Gasteiger partial charge < -0.3 is 5.32 Å². The number of halogens is 1. The summed E-state index contributed by atoms with van der Waals surface area (Å²) in [5.74, 6) is 0.644. The minimum absolute atomic E-state index is 0.00579. The van der Waals surface area contributed by atoms with E-state index in [9.17, 15) is 4.79 Å². The Hall–Kier alpha value is -0.540. The van der Waals surface area contributed by atoms with Gasteiger partial charge in [-0.2, -0.15) is 0 Å². The van der Waals surface area contributed by atoms with Gasteiger partial charge in [0.1, 0.15) is 0 Å². The van der Waals surface area contributed by atoms with E-state index in [-0.39, 0.29) is 5.91 Å². The van der Waals surface area contributed by atoms with Crippen molar-refractivity contribution in [2.45, 2.75) is 19.4 Å². The molecular weight excluding hydrogens is 206 g/mol. The number of rotatable bonds is 2. The van der Waals surface area contributed by atoms with E-state index in [0.29, 0.717) is 21.2 Å². The molecule has 2 atom stereocenters. The van der Waals surface area contributed by atoms with E-state index in [2.05, 4.69) is 12.2 Å². The van der Waals surface area contributed by atoms with Gasteiger partial charge in [-0.25, -0.2) is 0 Å². The largest absolute Gasteiger partial charge is 0.348 e. The van der Waals surface area contributed by atoms with Crippen LogP contribution in [0.15, 0.2) is 12.1 Å². The third-order valence-electron chi connectivity index (χ3n) is 2.22. The van der Waals surface area contributed by atoms with Crippen LogP contribution in [0.25, 0.3) is 0 Å². The van der Waals surface area contributed by atoms with Crippen molar-refractivity contribution in [3.63, 3.8) is 0 Å². The quantitative estimate of drug-likeness (QED) is 0.807. The molecule has 4 heteroatoms. The fourth-order valence-electron chi connectivity index (χ4n) is 1.20. The summed E-state index contributed by atoms with van der Waals surface area (Å²) in [6.07, 6.45) is 1.10. The molecule has 1 aromatic heterocycles. The molecule has 1 fully saturated rings. The molecule has 2 nitrogen and oxygen atoms in total. The van der Waals surface area contributed by atoms with Crippen LogP contribution in [0.1, 0.15) is 23.0 Å². The third kappa shape index (κ3) is 2.03. The van der Waals surface area contributed by atoms with Gasteiger partial charge in [0.05, 0.1) is 9.21 Å². The fraction of sp³-hybridized carbons (Fsp3) is 0.444. The van der Waals surface area contributed by atoms with E-state index in [0.717, 1.165) is 6.42 Å². The lowest BCUT2D eigenvalue weighted by molar-refractivity contribution is 0.0953. The molecule has 1 heterocycles. The lowest BCUT2D eigenvalue weighted by atomic mass is 10.4. The SMILES string of the molecule is C[C@@H]1C[C@H]1NC(=O)c1ccc(Cl)s1. The minimum atomic E-state index is 0.00579. The molecule has 0 aliphatic heterocycles. The van der Waals surface area contributed by atoms with Crippen LogP contribution in [0.2, 0.25) is 4.34 Å². The van der Waals surface area contributed by atoms with Crippen LogP contribution in [0.4, 0.5) is 0 Å². The number of amides is 1. The zero-order chi connectivity index (χ0) is 9.42. The first-order valence-corrected chi connectivity index (χ1v) is 5.42. The van der Waals surface area contributed by atoms with Crippen LogP contribution in [-0.2, 0) is 0 Å². The number of carbonyl (C=O) groups excluding carboxylic acids is 1. The molecule has 1 aliphatic carbocycles. The summed E-state index contributed by atoms with van der Waals surface area (Å²) in [7, 11) is 0. The molecule has 2 rings (SSSR count). The second-order valence-electron chi connectivity index (χ2n) is 3.40. The van der Waals surface area contributed by atoms with Crippen LogP contribution < -0.4 is 5.32 Å². The lowest BCUT2D eigenvalue weighted by Crippen LogP contribution is -2.25.